The van der Waals surface area contributed by atoms with Gasteiger partial charge in [0.1, 0.15) is 0 Å². The average molecular weight is 493 g/mol. The van der Waals surface area contributed by atoms with Crippen molar-refractivity contribution in [2.24, 2.45) is 5.73 Å². The molecule has 2 aromatic carbocycles. The second kappa shape index (κ2) is 14.1. The SMILES string of the molecule is C=CC(=C)/C(=C\C(=C)CN)C(Cc1ccccc1)Nc1ccnc2cc(C=C)ccc12.CN1CCCC1. The van der Waals surface area contributed by atoms with Crippen LogP contribution >= 0.6 is 0 Å². The second-order valence-electron chi connectivity index (χ2n) is 9.43. The Kier molecular flexibility index (Phi) is 10.6. The van der Waals surface area contributed by atoms with Gasteiger partial charge >= 0.3 is 0 Å². The van der Waals surface area contributed by atoms with Crippen LogP contribution in [-0.2, 0) is 6.42 Å². The molecule has 1 unspecified atom stereocenters. The maximum Gasteiger partial charge on any atom is 0.0728 e. The van der Waals surface area contributed by atoms with Gasteiger partial charge in [-0.1, -0.05) is 87.0 Å². The number of pyridine rings is 1. The number of nitrogens with zero attached hydrogens (tertiary/aromatic N) is 2. The van der Waals surface area contributed by atoms with E-state index in [4.69, 9.17) is 5.73 Å². The van der Waals surface area contributed by atoms with Crippen LogP contribution in [0.4, 0.5) is 5.69 Å². The quantitative estimate of drug-likeness (QED) is 0.306. The van der Waals surface area contributed by atoms with E-state index in [1.165, 1.54) is 31.5 Å². The lowest BCUT2D eigenvalue weighted by atomic mass is 9.91. The van der Waals surface area contributed by atoms with Gasteiger partial charge in [-0.05, 0) is 79.4 Å². The minimum Gasteiger partial charge on any atom is -0.377 e. The lowest BCUT2D eigenvalue weighted by Gasteiger charge is -2.25. The fourth-order valence-corrected chi connectivity index (χ4v) is 4.38. The number of aromatic nitrogens is 1. The largest absolute Gasteiger partial charge is 0.377 e. The molecule has 0 bridgehead atoms. The minimum atomic E-state index is -0.0547. The van der Waals surface area contributed by atoms with Gasteiger partial charge in [-0.3, -0.25) is 4.98 Å². The molecule has 0 amide bonds. The molecule has 192 valence electrons. The Morgan fingerprint density at radius 1 is 1.08 bits per heavy atom. The molecule has 1 aromatic heterocycles. The van der Waals surface area contributed by atoms with Crippen molar-refractivity contribution in [3.05, 3.63) is 127 Å². The molecule has 1 atom stereocenters. The van der Waals surface area contributed by atoms with E-state index in [1.807, 2.05) is 42.6 Å². The molecule has 3 aromatic rings. The number of allylic oxidation sites excluding steroid dienone is 1. The van der Waals surface area contributed by atoms with E-state index >= 15 is 0 Å². The normalized spacial score (nSPS) is 14.4. The van der Waals surface area contributed by atoms with Gasteiger partial charge in [-0.2, -0.15) is 0 Å². The first-order valence-corrected chi connectivity index (χ1v) is 12.9. The van der Waals surface area contributed by atoms with Crippen molar-refractivity contribution in [3.8, 4) is 0 Å². The highest BCUT2D eigenvalue weighted by Crippen LogP contribution is 2.28. The van der Waals surface area contributed by atoms with Crippen LogP contribution in [0.2, 0.25) is 0 Å². The maximum absolute atomic E-state index is 5.83. The van der Waals surface area contributed by atoms with Crippen LogP contribution in [-0.4, -0.2) is 42.6 Å². The molecular weight excluding hydrogens is 452 g/mol. The summed E-state index contributed by atoms with van der Waals surface area (Å²) in [5.74, 6) is 0. The number of hydrogen-bond acceptors (Lipinski definition) is 4. The number of hydrogen-bond donors (Lipinski definition) is 2. The molecule has 0 saturated carbocycles. The number of nitrogens with one attached hydrogen (secondary N) is 1. The van der Waals surface area contributed by atoms with Crippen LogP contribution in [0.1, 0.15) is 24.0 Å². The van der Waals surface area contributed by atoms with Gasteiger partial charge < -0.3 is 16.0 Å². The van der Waals surface area contributed by atoms with Crippen molar-refractivity contribution in [1.82, 2.24) is 9.88 Å². The zero-order valence-electron chi connectivity index (χ0n) is 22.1. The summed E-state index contributed by atoms with van der Waals surface area (Å²) in [5.41, 5.74) is 12.7. The monoisotopic (exact) mass is 492 g/mol. The topological polar surface area (TPSA) is 54.2 Å². The Hall–Kier alpha value is -3.73. The summed E-state index contributed by atoms with van der Waals surface area (Å²) in [6.07, 6.45) is 11.0. The fraction of sp³-hybridized carbons (Fsp3) is 0.242. The molecule has 4 rings (SSSR count). The summed E-state index contributed by atoms with van der Waals surface area (Å²) in [7, 11) is 2.17. The average Bonchev–Trinajstić information content (AvgIpc) is 3.42. The summed E-state index contributed by atoms with van der Waals surface area (Å²) in [4.78, 5) is 6.89. The number of likely N-dealkylation sites (tertiary alicyclic amines) is 1. The van der Waals surface area contributed by atoms with Crippen LogP contribution in [0, 0.1) is 0 Å². The lowest BCUT2D eigenvalue weighted by molar-refractivity contribution is 0.418. The van der Waals surface area contributed by atoms with Crippen molar-refractivity contribution in [3.63, 3.8) is 0 Å². The number of benzene rings is 2. The summed E-state index contributed by atoms with van der Waals surface area (Å²) in [5, 5.41) is 4.78. The number of anilines is 1. The molecule has 37 heavy (non-hydrogen) atoms. The smallest absolute Gasteiger partial charge is 0.0728 e. The van der Waals surface area contributed by atoms with Crippen molar-refractivity contribution in [2.75, 3.05) is 32.0 Å². The van der Waals surface area contributed by atoms with Gasteiger partial charge in [0.15, 0.2) is 0 Å². The number of nitrogens with two attached hydrogens (primary N) is 1. The molecule has 3 N–H and O–H groups in total. The third-order valence-electron chi connectivity index (χ3n) is 6.56. The van der Waals surface area contributed by atoms with Gasteiger partial charge in [0, 0.05) is 23.8 Å². The molecule has 1 fully saturated rings. The molecular formula is C33H40N4. The van der Waals surface area contributed by atoms with Crippen molar-refractivity contribution < 1.29 is 0 Å². The summed E-state index contributed by atoms with van der Waals surface area (Å²) >= 11 is 0. The lowest BCUT2D eigenvalue weighted by Crippen LogP contribution is -2.26. The summed E-state index contributed by atoms with van der Waals surface area (Å²) < 4.78 is 0. The number of rotatable bonds is 10. The van der Waals surface area contributed by atoms with Crippen LogP contribution in [0.25, 0.3) is 17.0 Å². The molecule has 1 saturated heterocycles. The maximum atomic E-state index is 5.83. The van der Waals surface area contributed by atoms with Gasteiger partial charge in [0.25, 0.3) is 0 Å². The van der Waals surface area contributed by atoms with Gasteiger partial charge in [-0.15, -0.1) is 0 Å². The molecule has 0 aliphatic carbocycles. The third-order valence-corrected chi connectivity index (χ3v) is 6.56. The number of fused-ring (bicyclic) bond motifs is 1. The Balaban J connectivity index is 0.000000555. The summed E-state index contributed by atoms with van der Waals surface area (Å²) in [6.45, 7) is 19.1. The predicted octanol–water partition coefficient (Wildman–Crippen LogP) is 6.80. The van der Waals surface area contributed by atoms with Crippen molar-refractivity contribution in [1.29, 1.82) is 0 Å². The highest BCUT2D eigenvalue weighted by atomic mass is 15.1. The summed E-state index contributed by atoms with van der Waals surface area (Å²) in [6, 6.07) is 18.5. The Morgan fingerprint density at radius 3 is 2.41 bits per heavy atom. The molecule has 1 aliphatic heterocycles. The standard InChI is InChI=1S/C28H29N3.C5H11N/c1-5-21(4)25(16-20(3)19-29)28(18-23-10-8-7-9-11-23)31-26-14-15-30-27-17-22(6-2)12-13-24(26)27;1-6-4-2-3-5-6/h5-17,28H,1-4,18-19,29H2,(H,30,31);2-5H2,1H3/b25-16+;. The van der Waals surface area contributed by atoms with Crippen LogP contribution in [0.15, 0.2) is 116 Å². The predicted molar refractivity (Wildman–Crippen MR) is 162 cm³/mol. The molecule has 1 aliphatic rings. The van der Waals surface area contributed by atoms with E-state index in [1.54, 1.807) is 6.08 Å². The first kappa shape index (κ1) is 27.9. The minimum absolute atomic E-state index is 0.0547. The molecule has 0 radical (unpaired) electrons. The van der Waals surface area contributed by atoms with Gasteiger partial charge in [-0.25, -0.2) is 0 Å². The van der Waals surface area contributed by atoms with Crippen molar-refractivity contribution in [2.45, 2.75) is 25.3 Å². The van der Waals surface area contributed by atoms with E-state index in [-0.39, 0.29) is 6.04 Å². The van der Waals surface area contributed by atoms with Crippen LogP contribution < -0.4 is 11.1 Å². The van der Waals surface area contributed by atoms with Gasteiger partial charge in [0.05, 0.1) is 11.6 Å². The van der Waals surface area contributed by atoms with E-state index in [9.17, 15) is 0 Å². The highest BCUT2D eigenvalue weighted by Gasteiger charge is 2.18. The molecule has 4 heteroatoms. The third kappa shape index (κ3) is 8.14. The van der Waals surface area contributed by atoms with E-state index < -0.39 is 0 Å². The Bertz CT molecular complexity index is 1250. The Morgan fingerprint density at radius 2 is 1.81 bits per heavy atom. The molecule has 2 heterocycles. The zero-order valence-corrected chi connectivity index (χ0v) is 22.1. The van der Waals surface area contributed by atoms with E-state index in [2.05, 4.69) is 78.9 Å². The fourth-order valence-electron chi connectivity index (χ4n) is 4.38. The van der Waals surface area contributed by atoms with Crippen LogP contribution in [0.3, 0.4) is 0 Å². The van der Waals surface area contributed by atoms with E-state index in [0.29, 0.717) is 6.54 Å². The first-order valence-electron chi connectivity index (χ1n) is 12.9. The highest BCUT2D eigenvalue weighted by molar-refractivity contribution is 5.92. The molecule has 0 spiro atoms. The van der Waals surface area contributed by atoms with E-state index in [0.717, 1.165) is 45.3 Å². The Labute approximate surface area is 222 Å². The van der Waals surface area contributed by atoms with Crippen molar-refractivity contribution >= 4 is 22.7 Å². The van der Waals surface area contributed by atoms with Gasteiger partial charge in [0.2, 0.25) is 0 Å². The molecule has 4 nitrogen and oxygen atoms in total. The van der Waals surface area contributed by atoms with Crippen LogP contribution in [0.5, 0.6) is 0 Å². The zero-order chi connectivity index (χ0) is 26.6. The second-order valence-corrected chi connectivity index (χ2v) is 9.43. The first-order chi connectivity index (χ1) is 17.9.